The number of aliphatic hydroxyl groups excluding tert-OH is 1. The van der Waals surface area contributed by atoms with Crippen molar-refractivity contribution in [3.63, 3.8) is 0 Å². The van der Waals surface area contributed by atoms with Gasteiger partial charge in [0, 0.05) is 31.7 Å². The van der Waals surface area contributed by atoms with Crippen LogP contribution in [0, 0.1) is 0 Å². The van der Waals surface area contributed by atoms with Crippen molar-refractivity contribution >= 4 is 22.6 Å². The highest BCUT2D eigenvalue weighted by Crippen LogP contribution is 2.29. The second kappa shape index (κ2) is 6.93. The molecule has 0 saturated carbocycles. The van der Waals surface area contributed by atoms with E-state index in [-0.39, 0.29) is 6.61 Å². The molecule has 0 aliphatic rings. The molecule has 0 spiro atoms. The molecule has 0 radical (unpaired) electrons. The molecule has 22 heavy (non-hydrogen) atoms. The van der Waals surface area contributed by atoms with Crippen molar-refractivity contribution in [2.24, 2.45) is 0 Å². The molecule has 1 heterocycles. The molecule has 120 valence electrons. The van der Waals surface area contributed by atoms with Gasteiger partial charge in [-0.15, -0.1) is 0 Å². The fourth-order valence-electron chi connectivity index (χ4n) is 1.68. The third kappa shape index (κ3) is 4.31. The maximum atomic E-state index is 12.5. The van der Waals surface area contributed by atoms with Gasteiger partial charge in [0.05, 0.1) is 12.2 Å². The SMILES string of the molecule is CN(CCO)c1nc(NCc2ccc(C(F)(F)F)cc2)ns1. The molecule has 1 aromatic carbocycles. The van der Waals surface area contributed by atoms with Crippen LogP contribution in [0.15, 0.2) is 24.3 Å². The second-order valence-electron chi connectivity index (χ2n) is 4.59. The molecule has 0 aliphatic carbocycles. The van der Waals surface area contributed by atoms with E-state index in [0.29, 0.717) is 29.7 Å². The van der Waals surface area contributed by atoms with Crippen molar-refractivity contribution in [3.8, 4) is 0 Å². The molecule has 0 atom stereocenters. The van der Waals surface area contributed by atoms with Crippen LogP contribution in [-0.4, -0.2) is 34.7 Å². The number of rotatable bonds is 6. The fraction of sp³-hybridized carbons (Fsp3) is 0.385. The highest BCUT2D eigenvalue weighted by molar-refractivity contribution is 7.09. The van der Waals surface area contributed by atoms with Gasteiger partial charge in [0.1, 0.15) is 0 Å². The summed E-state index contributed by atoms with van der Waals surface area (Å²) in [7, 11) is 1.79. The normalized spacial score (nSPS) is 11.5. The minimum Gasteiger partial charge on any atom is -0.395 e. The number of hydrogen-bond donors (Lipinski definition) is 2. The van der Waals surface area contributed by atoms with Crippen molar-refractivity contribution in [2.45, 2.75) is 12.7 Å². The number of alkyl halides is 3. The van der Waals surface area contributed by atoms with E-state index < -0.39 is 11.7 Å². The lowest BCUT2D eigenvalue weighted by Gasteiger charge is -2.12. The lowest BCUT2D eigenvalue weighted by atomic mass is 10.1. The van der Waals surface area contributed by atoms with Gasteiger partial charge in [-0.3, -0.25) is 0 Å². The molecule has 2 N–H and O–H groups in total. The zero-order valence-corrected chi connectivity index (χ0v) is 12.6. The Hall–Kier alpha value is -1.87. The molecule has 0 fully saturated rings. The van der Waals surface area contributed by atoms with Gasteiger partial charge in [0.25, 0.3) is 0 Å². The van der Waals surface area contributed by atoms with Crippen LogP contribution >= 0.6 is 11.5 Å². The number of aliphatic hydroxyl groups is 1. The van der Waals surface area contributed by atoms with E-state index in [1.165, 1.54) is 23.7 Å². The molecule has 2 rings (SSSR count). The number of halogens is 3. The van der Waals surface area contributed by atoms with E-state index in [0.717, 1.165) is 12.1 Å². The summed E-state index contributed by atoms with van der Waals surface area (Å²) in [6.45, 7) is 0.802. The average molecular weight is 332 g/mol. The van der Waals surface area contributed by atoms with Gasteiger partial charge in [-0.2, -0.15) is 22.5 Å². The zero-order chi connectivity index (χ0) is 16.2. The maximum absolute atomic E-state index is 12.5. The van der Waals surface area contributed by atoms with Gasteiger partial charge in [-0.25, -0.2) is 0 Å². The molecular weight excluding hydrogens is 317 g/mol. The first-order valence-corrected chi connectivity index (χ1v) is 7.23. The summed E-state index contributed by atoms with van der Waals surface area (Å²) in [6, 6.07) is 4.93. The number of aromatic nitrogens is 2. The number of anilines is 2. The summed E-state index contributed by atoms with van der Waals surface area (Å²) in [6.07, 6.45) is -4.32. The molecule has 2 aromatic rings. The van der Waals surface area contributed by atoms with Crippen molar-refractivity contribution in [2.75, 3.05) is 30.4 Å². The summed E-state index contributed by atoms with van der Waals surface area (Å²) >= 11 is 1.18. The van der Waals surface area contributed by atoms with Crippen LogP contribution in [0.2, 0.25) is 0 Å². The van der Waals surface area contributed by atoms with E-state index in [2.05, 4.69) is 14.7 Å². The summed E-state index contributed by atoms with van der Waals surface area (Å²) in [5.41, 5.74) is 0.0315. The Bertz CT molecular complexity index is 600. The van der Waals surface area contributed by atoms with Gasteiger partial charge in [0.15, 0.2) is 0 Å². The number of hydrogen-bond acceptors (Lipinski definition) is 6. The smallest absolute Gasteiger partial charge is 0.395 e. The summed E-state index contributed by atoms with van der Waals surface area (Å²) in [4.78, 5) is 6.00. The molecule has 0 amide bonds. The number of benzene rings is 1. The van der Waals surface area contributed by atoms with Gasteiger partial charge in [0.2, 0.25) is 11.1 Å². The largest absolute Gasteiger partial charge is 0.416 e. The summed E-state index contributed by atoms with van der Waals surface area (Å²) in [5, 5.41) is 12.5. The van der Waals surface area contributed by atoms with Crippen molar-refractivity contribution in [1.82, 2.24) is 9.36 Å². The minimum absolute atomic E-state index is 0.0182. The Labute approximate surface area is 129 Å². The Morgan fingerprint density at radius 1 is 1.27 bits per heavy atom. The average Bonchev–Trinajstić information content (AvgIpc) is 2.94. The Morgan fingerprint density at radius 3 is 2.55 bits per heavy atom. The van der Waals surface area contributed by atoms with E-state index in [1.54, 1.807) is 11.9 Å². The Balaban J connectivity index is 1.93. The van der Waals surface area contributed by atoms with Gasteiger partial charge >= 0.3 is 6.18 Å². The van der Waals surface area contributed by atoms with E-state index in [1.807, 2.05) is 0 Å². The minimum atomic E-state index is -4.32. The molecule has 0 bridgehead atoms. The van der Waals surface area contributed by atoms with Gasteiger partial charge in [-0.05, 0) is 17.7 Å². The molecule has 5 nitrogen and oxygen atoms in total. The first-order chi connectivity index (χ1) is 10.4. The number of nitrogens with zero attached hydrogens (tertiary/aromatic N) is 3. The van der Waals surface area contributed by atoms with Crippen LogP contribution in [0.4, 0.5) is 24.3 Å². The van der Waals surface area contributed by atoms with Crippen LogP contribution in [0.1, 0.15) is 11.1 Å². The van der Waals surface area contributed by atoms with Crippen LogP contribution in [0.5, 0.6) is 0 Å². The van der Waals surface area contributed by atoms with Crippen LogP contribution in [0.3, 0.4) is 0 Å². The monoisotopic (exact) mass is 332 g/mol. The predicted octanol–water partition coefficient (Wildman–Crippen LogP) is 2.60. The summed E-state index contributed by atoms with van der Waals surface area (Å²) < 4.78 is 41.5. The number of likely N-dealkylation sites (N-methyl/N-ethyl adjacent to an activating group) is 1. The first-order valence-electron chi connectivity index (χ1n) is 6.46. The van der Waals surface area contributed by atoms with Crippen molar-refractivity contribution < 1.29 is 18.3 Å². The topological polar surface area (TPSA) is 61.3 Å². The standard InChI is InChI=1S/C13H15F3N4OS/c1-20(6-7-21)12-18-11(19-22-12)17-8-9-2-4-10(5-3-9)13(14,15)16/h2-5,21H,6-8H2,1H3,(H,17,19). The van der Waals surface area contributed by atoms with Crippen LogP contribution in [-0.2, 0) is 12.7 Å². The molecule has 1 aromatic heterocycles. The Morgan fingerprint density at radius 2 is 1.95 bits per heavy atom. The fourth-order valence-corrected chi connectivity index (χ4v) is 2.31. The van der Waals surface area contributed by atoms with Gasteiger partial charge < -0.3 is 15.3 Å². The number of nitrogens with one attached hydrogen (secondary N) is 1. The summed E-state index contributed by atoms with van der Waals surface area (Å²) in [5.74, 6) is 0.407. The van der Waals surface area contributed by atoms with Gasteiger partial charge in [-0.1, -0.05) is 12.1 Å². The van der Waals surface area contributed by atoms with E-state index in [9.17, 15) is 13.2 Å². The highest BCUT2D eigenvalue weighted by atomic mass is 32.1. The first kappa shape index (κ1) is 16.5. The molecule has 9 heteroatoms. The van der Waals surface area contributed by atoms with Crippen molar-refractivity contribution in [1.29, 1.82) is 0 Å². The molecule has 0 unspecified atom stereocenters. The molecular formula is C13H15F3N4OS. The van der Waals surface area contributed by atoms with E-state index >= 15 is 0 Å². The quantitative estimate of drug-likeness (QED) is 0.851. The third-order valence-electron chi connectivity index (χ3n) is 2.91. The molecule has 0 saturated heterocycles. The van der Waals surface area contributed by atoms with Crippen LogP contribution < -0.4 is 10.2 Å². The van der Waals surface area contributed by atoms with E-state index in [4.69, 9.17) is 5.11 Å². The predicted molar refractivity (Wildman–Crippen MR) is 79.0 cm³/mol. The highest BCUT2D eigenvalue weighted by Gasteiger charge is 2.29. The molecule has 0 aliphatic heterocycles. The lowest BCUT2D eigenvalue weighted by molar-refractivity contribution is -0.137. The maximum Gasteiger partial charge on any atom is 0.416 e. The second-order valence-corrected chi connectivity index (χ2v) is 5.32. The third-order valence-corrected chi connectivity index (χ3v) is 3.74. The lowest BCUT2D eigenvalue weighted by Crippen LogP contribution is -2.20. The van der Waals surface area contributed by atoms with Crippen molar-refractivity contribution in [3.05, 3.63) is 35.4 Å². The Kier molecular flexibility index (Phi) is 5.19. The van der Waals surface area contributed by atoms with Crippen LogP contribution in [0.25, 0.3) is 0 Å². The zero-order valence-electron chi connectivity index (χ0n) is 11.8.